The van der Waals surface area contributed by atoms with Crippen LogP contribution in [0, 0.1) is 0 Å². The van der Waals surface area contributed by atoms with Gasteiger partial charge in [-0.15, -0.1) is 0 Å². The third-order valence-electron chi connectivity index (χ3n) is 3.86. The Morgan fingerprint density at radius 3 is 2.26 bits per heavy atom. The van der Waals surface area contributed by atoms with Gasteiger partial charge in [-0.3, -0.25) is 9.59 Å². The Morgan fingerprint density at radius 1 is 1.00 bits per heavy atom. The van der Waals surface area contributed by atoms with Gasteiger partial charge in [-0.25, -0.2) is 0 Å². The fraction of sp³-hybridized carbons (Fsp3) is 0.263. The number of rotatable bonds is 7. The third-order valence-corrected chi connectivity index (χ3v) is 3.86. The number of anilines is 1. The SMILES string of the molecule is NCCNC(=O)c1ccccc1NC(=O)CC(c1ccccc1)C(F)(F)F. The van der Waals surface area contributed by atoms with Crippen LogP contribution in [0.15, 0.2) is 54.6 Å². The van der Waals surface area contributed by atoms with E-state index in [0.29, 0.717) is 0 Å². The topological polar surface area (TPSA) is 84.2 Å². The first-order valence-corrected chi connectivity index (χ1v) is 8.31. The van der Waals surface area contributed by atoms with Crippen LogP contribution in [0.2, 0.25) is 0 Å². The number of carbonyl (C=O) groups excluding carboxylic acids is 2. The van der Waals surface area contributed by atoms with Crippen molar-refractivity contribution in [3.63, 3.8) is 0 Å². The number of hydrogen-bond acceptors (Lipinski definition) is 3. The number of alkyl halides is 3. The molecule has 0 heterocycles. The van der Waals surface area contributed by atoms with Gasteiger partial charge in [-0.05, 0) is 17.7 Å². The van der Waals surface area contributed by atoms with Crippen LogP contribution in [0.4, 0.5) is 18.9 Å². The summed E-state index contributed by atoms with van der Waals surface area (Å²) in [6, 6.07) is 13.3. The minimum Gasteiger partial charge on any atom is -0.351 e. The Labute approximate surface area is 154 Å². The summed E-state index contributed by atoms with van der Waals surface area (Å²) in [6.07, 6.45) is -5.36. The second-order valence-corrected chi connectivity index (χ2v) is 5.85. The number of nitrogens with two attached hydrogens (primary N) is 1. The zero-order valence-corrected chi connectivity index (χ0v) is 14.4. The minimum absolute atomic E-state index is 0.00845. The summed E-state index contributed by atoms with van der Waals surface area (Å²) in [5.41, 5.74) is 5.64. The predicted molar refractivity (Wildman–Crippen MR) is 96.3 cm³/mol. The highest BCUT2D eigenvalue weighted by Gasteiger charge is 2.41. The quantitative estimate of drug-likeness (QED) is 0.691. The molecule has 0 fully saturated rings. The van der Waals surface area contributed by atoms with Gasteiger partial charge in [0.05, 0.1) is 17.2 Å². The van der Waals surface area contributed by atoms with Crippen molar-refractivity contribution in [1.82, 2.24) is 5.32 Å². The monoisotopic (exact) mass is 379 g/mol. The maximum atomic E-state index is 13.4. The van der Waals surface area contributed by atoms with Crippen molar-refractivity contribution in [1.29, 1.82) is 0 Å². The minimum atomic E-state index is -4.57. The van der Waals surface area contributed by atoms with Crippen molar-refractivity contribution < 1.29 is 22.8 Å². The lowest BCUT2D eigenvalue weighted by molar-refractivity contribution is -0.155. The van der Waals surface area contributed by atoms with E-state index in [4.69, 9.17) is 5.73 Å². The van der Waals surface area contributed by atoms with Crippen LogP contribution in [0.3, 0.4) is 0 Å². The Balaban J connectivity index is 2.16. The van der Waals surface area contributed by atoms with Crippen molar-refractivity contribution in [2.24, 2.45) is 5.73 Å². The van der Waals surface area contributed by atoms with Crippen molar-refractivity contribution >= 4 is 17.5 Å². The van der Waals surface area contributed by atoms with Gasteiger partial charge < -0.3 is 16.4 Å². The Kier molecular flexibility index (Phi) is 6.95. The summed E-state index contributed by atoms with van der Waals surface area (Å²) >= 11 is 0. The molecular weight excluding hydrogens is 359 g/mol. The van der Waals surface area contributed by atoms with Crippen LogP contribution in [0.1, 0.15) is 28.3 Å². The molecule has 4 N–H and O–H groups in total. The Morgan fingerprint density at radius 2 is 1.63 bits per heavy atom. The smallest absolute Gasteiger partial charge is 0.351 e. The van der Waals surface area contributed by atoms with Crippen LogP contribution in [0.25, 0.3) is 0 Å². The lowest BCUT2D eigenvalue weighted by atomic mass is 9.94. The van der Waals surface area contributed by atoms with E-state index in [9.17, 15) is 22.8 Å². The zero-order valence-electron chi connectivity index (χ0n) is 14.4. The number of carbonyl (C=O) groups is 2. The molecule has 2 aromatic carbocycles. The first-order valence-electron chi connectivity index (χ1n) is 8.31. The summed E-state index contributed by atoms with van der Waals surface area (Å²) in [7, 11) is 0. The molecule has 8 heteroatoms. The van der Waals surface area contributed by atoms with Crippen LogP contribution in [-0.4, -0.2) is 31.1 Å². The molecule has 2 amide bonds. The summed E-state index contributed by atoms with van der Waals surface area (Å²) in [6.45, 7) is 0.482. The number of hydrogen-bond donors (Lipinski definition) is 3. The fourth-order valence-electron chi connectivity index (χ4n) is 2.57. The standard InChI is InChI=1S/C19H20F3N3O2/c20-19(21,22)15(13-6-2-1-3-7-13)12-17(26)25-16-9-5-4-8-14(16)18(27)24-11-10-23/h1-9,15H,10-12,23H2,(H,24,27)(H,25,26). The van der Waals surface area contributed by atoms with E-state index in [1.807, 2.05) is 0 Å². The number of para-hydroxylation sites is 1. The Hall–Kier alpha value is -2.87. The van der Waals surface area contributed by atoms with E-state index >= 15 is 0 Å². The van der Waals surface area contributed by atoms with Crippen molar-refractivity contribution in [3.8, 4) is 0 Å². The van der Waals surface area contributed by atoms with Crippen LogP contribution >= 0.6 is 0 Å². The molecule has 1 atom stereocenters. The van der Waals surface area contributed by atoms with E-state index in [0.717, 1.165) is 0 Å². The molecule has 0 saturated carbocycles. The molecule has 0 saturated heterocycles. The van der Waals surface area contributed by atoms with Gasteiger partial charge in [0.2, 0.25) is 5.91 Å². The average molecular weight is 379 g/mol. The third kappa shape index (κ3) is 5.82. The van der Waals surface area contributed by atoms with Gasteiger partial charge in [-0.2, -0.15) is 13.2 Å². The van der Waals surface area contributed by atoms with E-state index in [-0.39, 0.29) is 29.9 Å². The van der Waals surface area contributed by atoms with Gasteiger partial charge in [0, 0.05) is 19.5 Å². The van der Waals surface area contributed by atoms with Gasteiger partial charge in [0.25, 0.3) is 5.91 Å². The number of amides is 2. The highest BCUT2D eigenvalue weighted by molar-refractivity contribution is 6.03. The summed E-state index contributed by atoms with van der Waals surface area (Å²) in [5, 5.41) is 4.97. The maximum absolute atomic E-state index is 13.4. The highest BCUT2D eigenvalue weighted by Crippen LogP contribution is 2.37. The molecule has 144 valence electrons. The second-order valence-electron chi connectivity index (χ2n) is 5.85. The molecule has 27 heavy (non-hydrogen) atoms. The predicted octanol–water partition coefficient (Wildman–Crippen LogP) is 3.05. The maximum Gasteiger partial charge on any atom is 0.396 e. The normalized spacial score (nSPS) is 12.3. The van der Waals surface area contributed by atoms with Crippen molar-refractivity contribution in [3.05, 3.63) is 65.7 Å². The van der Waals surface area contributed by atoms with E-state index in [1.165, 1.54) is 36.4 Å². The average Bonchev–Trinajstić information content (AvgIpc) is 2.64. The number of nitrogens with one attached hydrogen (secondary N) is 2. The van der Waals surface area contributed by atoms with Crippen molar-refractivity contribution in [2.75, 3.05) is 18.4 Å². The van der Waals surface area contributed by atoms with Gasteiger partial charge in [0.1, 0.15) is 0 Å². The van der Waals surface area contributed by atoms with Gasteiger partial charge in [-0.1, -0.05) is 42.5 Å². The zero-order chi connectivity index (χ0) is 19.9. The van der Waals surface area contributed by atoms with E-state index in [1.54, 1.807) is 18.2 Å². The van der Waals surface area contributed by atoms with Gasteiger partial charge >= 0.3 is 6.18 Å². The summed E-state index contributed by atoms with van der Waals surface area (Å²) in [5.74, 6) is -3.23. The first kappa shape index (κ1) is 20.4. The molecule has 2 aromatic rings. The molecule has 1 unspecified atom stereocenters. The van der Waals surface area contributed by atoms with Crippen LogP contribution in [0.5, 0.6) is 0 Å². The molecule has 0 bridgehead atoms. The highest BCUT2D eigenvalue weighted by atomic mass is 19.4. The molecule has 2 rings (SSSR count). The molecule has 0 aliphatic heterocycles. The second kappa shape index (κ2) is 9.18. The Bertz CT molecular complexity index is 779. The molecule has 5 nitrogen and oxygen atoms in total. The molecule has 0 aromatic heterocycles. The molecular formula is C19H20F3N3O2. The van der Waals surface area contributed by atoms with Crippen LogP contribution < -0.4 is 16.4 Å². The summed E-state index contributed by atoms with van der Waals surface area (Å²) in [4.78, 5) is 24.4. The van der Waals surface area contributed by atoms with E-state index in [2.05, 4.69) is 10.6 Å². The molecule has 0 aliphatic carbocycles. The number of halogens is 3. The van der Waals surface area contributed by atoms with Crippen molar-refractivity contribution in [2.45, 2.75) is 18.5 Å². The lowest BCUT2D eigenvalue weighted by Gasteiger charge is -2.20. The molecule has 0 aliphatic rings. The summed E-state index contributed by atoms with van der Waals surface area (Å²) < 4.78 is 40.2. The largest absolute Gasteiger partial charge is 0.396 e. The lowest BCUT2D eigenvalue weighted by Crippen LogP contribution is -2.30. The fourth-order valence-corrected chi connectivity index (χ4v) is 2.57. The first-order chi connectivity index (χ1) is 12.8. The van der Waals surface area contributed by atoms with E-state index < -0.39 is 30.3 Å². The van der Waals surface area contributed by atoms with Crippen LogP contribution in [-0.2, 0) is 4.79 Å². The molecule has 0 spiro atoms. The number of benzene rings is 2. The van der Waals surface area contributed by atoms with Gasteiger partial charge in [0.15, 0.2) is 0 Å². The molecule has 0 radical (unpaired) electrons.